The summed E-state index contributed by atoms with van der Waals surface area (Å²) in [7, 11) is 0. The molecule has 142 valence electrons. The van der Waals surface area contributed by atoms with E-state index < -0.39 is 10.8 Å². The maximum atomic E-state index is 12.3. The molecule has 3 rings (SSSR count). The number of hydrogen-bond donors (Lipinski definition) is 1. The van der Waals surface area contributed by atoms with Crippen LogP contribution >= 0.6 is 0 Å². The minimum atomic E-state index is -0.522. The van der Waals surface area contributed by atoms with Crippen LogP contribution in [0.1, 0.15) is 15.9 Å². The third-order valence-corrected chi connectivity index (χ3v) is 4.26. The summed E-state index contributed by atoms with van der Waals surface area (Å²) in [5, 5.41) is 13.6. The van der Waals surface area contributed by atoms with E-state index in [0.717, 1.165) is 5.56 Å². The summed E-state index contributed by atoms with van der Waals surface area (Å²) < 4.78 is 1.39. The fourth-order valence-electron chi connectivity index (χ4n) is 2.70. The monoisotopic (exact) mass is 378 g/mol. The van der Waals surface area contributed by atoms with Gasteiger partial charge in [-0.3, -0.25) is 24.3 Å². The van der Waals surface area contributed by atoms with Crippen LogP contribution < -0.4 is 10.9 Å². The van der Waals surface area contributed by atoms with Gasteiger partial charge < -0.3 is 5.32 Å². The number of rotatable bonds is 6. The highest BCUT2D eigenvalue weighted by atomic mass is 16.6. The molecule has 8 nitrogen and oxygen atoms in total. The van der Waals surface area contributed by atoms with Crippen LogP contribution in [0.15, 0.2) is 65.7 Å². The fourth-order valence-corrected chi connectivity index (χ4v) is 2.70. The van der Waals surface area contributed by atoms with Gasteiger partial charge in [-0.25, -0.2) is 4.98 Å². The maximum Gasteiger partial charge on any atom is 0.273 e. The summed E-state index contributed by atoms with van der Waals surface area (Å²) in [6.07, 6.45) is 1.44. The smallest absolute Gasteiger partial charge is 0.273 e. The second-order valence-electron chi connectivity index (χ2n) is 6.19. The Balaban J connectivity index is 1.64. The van der Waals surface area contributed by atoms with Gasteiger partial charge >= 0.3 is 0 Å². The molecule has 0 saturated heterocycles. The van der Waals surface area contributed by atoms with Crippen molar-refractivity contribution in [2.45, 2.75) is 13.5 Å². The topological polar surface area (TPSA) is 107 Å². The zero-order valence-corrected chi connectivity index (χ0v) is 15.2. The first-order valence-corrected chi connectivity index (χ1v) is 8.61. The van der Waals surface area contributed by atoms with Gasteiger partial charge in [0, 0.05) is 41.9 Å². The first-order valence-electron chi connectivity index (χ1n) is 8.61. The van der Waals surface area contributed by atoms with E-state index >= 15 is 0 Å². The van der Waals surface area contributed by atoms with Gasteiger partial charge in [0.25, 0.3) is 17.2 Å². The van der Waals surface area contributed by atoms with Crippen molar-refractivity contribution in [1.82, 2.24) is 14.9 Å². The number of carbonyl (C=O) groups excluding carboxylic acids is 1. The van der Waals surface area contributed by atoms with Gasteiger partial charge in [0.2, 0.25) is 0 Å². The predicted octanol–water partition coefficient (Wildman–Crippen LogP) is 2.56. The van der Waals surface area contributed by atoms with Crippen molar-refractivity contribution < 1.29 is 9.72 Å². The van der Waals surface area contributed by atoms with Gasteiger partial charge in [0.15, 0.2) is 0 Å². The van der Waals surface area contributed by atoms with Crippen molar-refractivity contribution in [3.8, 4) is 11.3 Å². The molecule has 0 aliphatic carbocycles. The molecule has 0 unspecified atom stereocenters. The normalized spacial score (nSPS) is 10.5. The molecule has 1 N–H and O–H groups in total. The molecule has 0 radical (unpaired) electrons. The number of nitrogens with one attached hydrogen (secondary N) is 1. The van der Waals surface area contributed by atoms with Crippen molar-refractivity contribution in [3.05, 3.63) is 92.5 Å². The van der Waals surface area contributed by atoms with E-state index in [9.17, 15) is 19.7 Å². The lowest BCUT2D eigenvalue weighted by molar-refractivity contribution is -0.385. The van der Waals surface area contributed by atoms with E-state index in [4.69, 9.17) is 0 Å². The highest BCUT2D eigenvalue weighted by Crippen LogP contribution is 2.19. The van der Waals surface area contributed by atoms with Gasteiger partial charge in [0.05, 0.1) is 16.9 Å². The summed E-state index contributed by atoms with van der Waals surface area (Å²) in [6.45, 7) is 2.03. The number of amides is 1. The summed E-state index contributed by atoms with van der Waals surface area (Å²) >= 11 is 0. The van der Waals surface area contributed by atoms with E-state index in [1.807, 2.05) is 30.3 Å². The Bertz CT molecular complexity index is 1080. The van der Waals surface area contributed by atoms with Crippen molar-refractivity contribution in [2.24, 2.45) is 0 Å². The number of benzene rings is 2. The predicted molar refractivity (Wildman–Crippen MR) is 104 cm³/mol. The third kappa shape index (κ3) is 4.29. The van der Waals surface area contributed by atoms with Gasteiger partial charge in [-0.1, -0.05) is 36.4 Å². The van der Waals surface area contributed by atoms with E-state index in [1.54, 1.807) is 6.92 Å². The number of hydrogen-bond acceptors (Lipinski definition) is 5. The van der Waals surface area contributed by atoms with E-state index in [2.05, 4.69) is 10.3 Å². The van der Waals surface area contributed by atoms with Gasteiger partial charge in [0.1, 0.15) is 0 Å². The average molecular weight is 378 g/mol. The number of aryl methyl sites for hydroxylation is 1. The van der Waals surface area contributed by atoms with Crippen LogP contribution in [-0.4, -0.2) is 26.9 Å². The molecule has 2 aromatic carbocycles. The van der Waals surface area contributed by atoms with Crippen LogP contribution in [-0.2, 0) is 6.54 Å². The first kappa shape index (κ1) is 19.0. The Hall–Kier alpha value is -3.81. The Morgan fingerprint density at radius 2 is 1.93 bits per heavy atom. The molecule has 0 fully saturated rings. The van der Waals surface area contributed by atoms with Crippen LogP contribution in [0.4, 0.5) is 5.69 Å². The second-order valence-corrected chi connectivity index (χ2v) is 6.19. The first-order chi connectivity index (χ1) is 13.5. The molecule has 0 aliphatic heterocycles. The SMILES string of the molecule is Cc1ccc(C(=O)NCCn2cnc(-c3ccccc3)cc2=O)cc1[N+](=O)[O-]. The standard InChI is InChI=1S/C20H18N4O4/c1-14-7-8-16(11-18(14)24(27)28)20(26)21-9-10-23-13-22-17(12-19(23)25)15-5-3-2-4-6-15/h2-8,11-13H,9-10H2,1H3,(H,21,26). The number of nitro benzene ring substituents is 1. The van der Waals surface area contributed by atoms with Crippen LogP contribution in [0, 0.1) is 17.0 Å². The number of nitrogens with zero attached hydrogens (tertiary/aromatic N) is 3. The highest BCUT2D eigenvalue weighted by molar-refractivity contribution is 5.94. The van der Waals surface area contributed by atoms with E-state index in [1.165, 1.54) is 35.2 Å². The van der Waals surface area contributed by atoms with E-state index in [0.29, 0.717) is 11.3 Å². The van der Waals surface area contributed by atoms with Crippen LogP contribution in [0.25, 0.3) is 11.3 Å². The molecule has 0 bridgehead atoms. The van der Waals surface area contributed by atoms with Crippen molar-refractivity contribution >= 4 is 11.6 Å². The largest absolute Gasteiger partial charge is 0.350 e. The van der Waals surface area contributed by atoms with Crippen LogP contribution in [0.2, 0.25) is 0 Å². The molecule has 28 heavy (non-hydrogen) atoms. The maximum absolute atomic E-state index is 12.3. The molecule has 8 heteroatoms. The molecule has 0 saturated carbocycles. The molecule has 0 atom stereocenters. The summed E-state index contributed by atoms with van der Waals surface area (Å²) in [6, 6.07) is 15.1. The molecule has 1 heterocycles. The van der Waals surface area contributed by atoms with E-state index in [-0.39, 0.29) is 29.9 Å². The van der Waals surface area contributed by atoms with Gasteiger partial charge in [-0.05, 0) is 13.0 Å². The molecule has 3 aromatic rings. The van der Waals surface area contributed by atoms with Crippen molar-refractivity contribution in [1.29, 1.82) is 0 Å². The minimum Gasteiger partial charge on any atom is -0.350 e. The lowest BCUT2D eigenvalue weighted by atomic mass is 10.1. The summed E-state index contributed by atoms with van der Waals surface area (Å²) in [5.74, 6) is -0.440. The fraction of sp³-hybridized carbons (Fsp3) is 0.150. The lowest BCUT2D eigenvalue weighted by Gasteiger charge is -2.09. The Morgan fingerprint density at radius 3 is 2.61 bits per heavy atom. The summed E-state index contributed by atoms with van der Waals surface area (Å²) in [5.41, 5.74) is 1.78. The zero-order chi connectivity index (χ0) is 20.1. The second kappa shape index (κ2) is 8.26. The summed E-state index contributed by atoms with van der Waals surface area (Å²) in [4.78, 5) is 39.2. The third-order valence-electron chi connectivity index (χ3n) is 4.26. The zero-order valence-electron chi connectivity index (χ0n) is 15.2. The van der Waals surface area contributed by atoms with Gasteiger partial charge in [-0.2, -0.15) is 0 Å². The Labute approximate surface area is 160 Å². The van der Waals surface area contributed by atoms with Gasteiger partial charge in [-0.15, -0.1) is 0 Å². The van der Waals surface area contributed by atoms with Crippen molar-refractivity contribution in [3.63, 3.8) is 0 Å². The number of aromatic nitrogens is 2. The highest BCUT2D eigenvalue weighted by Gasteiger charge is 2.14. The van der Waals surface area contributed by atoms with Crippen LogP contribution in [0.5, 0.6) is 0 Å². The molecule has 0 spiro atoms. The Morgan fingerprint density at radius 1 is 1.18 bits per heavy atom. The number of nitro groups is 1. The molecule has 0 aliphatic rings. The molecular weight excluding hydrogens is 360 g/mol. The number of carbonyl (C=O) groups is 1. The average Bonchev–Trinajstić information content (AvgIpc) is 2.69. The minimum absolute atomic E-state index is 0.107. The Kier molecular flexibility index (Phi) is 5.59. The lowest BCUT2D eigenvalue weighted by Crippen LogP contribution is -2.30. The van der Waals surface area contributed by atoms with Crippen LogP contribution in [0.3, 0.4) is 0 Å². The molecular formula is C20H18N4O4. The van der Waals surface area contributed by atoms with Crippen molar-refractivity contribution in [2.75, 3.05) is 6.54 Å². The molecule has 1 amide bonds. The quantitative estimate of drug-likeness (QED) is 0.524. The molecule has 1 aromatic heterocycles.